The van der Waals surface area contributed by atoms with Crippen LogP contribution in [-0.2, 0) is 7.05 Å². The second kappa shape index (κ2) is 7.21. The summed E-state index contributed by atoms with van der Waals surface area (Å²) in [5.41, 5.74) is 4.17. The van der Waals surface area contributed by atoms with E-state index in [4.69, 9.17) is 4.98 Å². The largest absolute Gasteiger partial charge is 0.384 e. The fourth-order valence-electron chi connectivity index (χ4n) is 3.87. The molecule has 0 saturated carbocycles. The smallest absolute Gasteiger partial charge is 0.160 e. The van der Waals surface area contributed by atoms with Crippen LogP contribution >= 0.6 is 0 Å². The number of likely N-dealkylation sites (N-methyl/N-ethyl adjacent to an activating group) is 1. The van der Waals surface area contributed by atoms with Crippen molar-refractivity contribution in [2.75, 3.05) is 51.6 Å². The molecule has 3 heterocycles. The second-order valence-corrected chi connectivity index (χ2v) is 7.34. The molecule has 1 saturated heterocycles. The molecule has 6 nitrogen and oxygen atoms in total. The van der Waals surface area contributed by atoms with Crippen LogP contribution in [0.1, 0.15) is 12.1 Å². The summed E-state index contributed by atoms with van der Waals surface area (Å²) in [6.07, 6.45) is 1.14. The highest BCUT2D eigenvalue weighted by molar-refractivity contribution is 6.07. The first-order valence-electron chi connectivity index (χ1n) is 9.50. The lowest BCUT2D eigenvalue weighted by molar-refractivity contribution is 0.154. The lowest BCUT2D eigenvalue weighted by Gasteiger charge is -2.32. The first-order valence-corrected chi connectivity index (χ1v) is 9.50. The zero-order valence-electron chi connectivity index (χ0n) is 16.0. The van der Waals surface area contributed by atoms with Gasteiger partial charge in [0.1, 0.15) is 0 Å². The molecule has 6 heteroatoms. The Bertz CT molecular complexity index is 907. The Balaban J connectivity index is 1.53. The van der Waals surface area contributed by atoms with Crippen LogP contribution in [0.3, 0.4) is 0 Å². The lowest BCUT2D eigenvalue weighted by Crippen LogP contribution is -2.44. The molecule has 1 N–H and O–H groups in total. The summed E-state index contributed by atoms with van der Waals surface area (Å²) in [7, 11) is 4.17. The fraction of sp³-hybridized carbons (Fsp3) is 0.500. The summed E-state index contributed by atoms with van der Waals surface area (Å²) < 4.78 is 1.88. The Kier molecular flexibility index (Phi) is 4.78. The quantitative estimate of drug-likeness (QED) is 0.715. The third-order valence-corrected chi connectivity index (χ3v) is 5.39. The Morgan fingerprint density at radius 2 is 1.85 bits per heavy atom. The number of nitrogens with one attached hydrogen (secondary N) is 1. The van der Waals surface area contributed by atoms with E-state index in [1.807, 2.05) is 17.8 Å². The number of hydrogen-bond acceptors (Lipinski definition) is 5. The predicted octanol–water partition coefficient (Wildman–Crippen LogP) is 2.48. The summed E-state index contributed by atoms with van der Waals surface area (Å²) >= 11 is 0. The van der Waals surface area contributed by atoms with Crippen LogP contribution in [-0.4, -0.2) is 70.9 Å². The van der Waals surface area contributed by atoms with E-state index in [2.05, 4.69) is 52.4 Å². The van der Waals surface area contributed by atoms with E-state index in [9.17, 15) is 0 Å². The van der Waals surface area contributed by atoms with E-state index < -0.39 is 0 Å². The van der Waals surface area contributed by atoms with Gasteiger partial charge in [-0.25, -0.2) is 4.98 Å². The number of benzene rings is 1. The first-order chi connectivity index (χ1) is 12.6. The number of fused-ring (bicyclic) bond motifs is 2. The van der Waals surface area contributed by atoms with E-state index in [1.54, 1.807) is 0 Å². The molecule has 0 spiro atoms. The number of piperazine rings is 1. The summed E-state index contributed by atoms with van der Waals surface area (Å²) in [6.45, 7) is 8.90. The summed E-state index contributed by atoms with van der Waals surface area (Å²) in [5, 5.41) is 10.6. The Morgan fingerprint density at radius 1 is 1.08 bits per heavy atom. The van der Waals surface area contributed by atoms with Crippen molar-refractivity contribution < 1.29 is 0 Å². The molecule has 3 aromatic rings. The highest BCUT2D eigenvalue weighted by Crippen LogP contribution is 2.32. The molecule has 0 aliphatic carbocycles. The van der Waals surface area contributed by atoms with Crippen molar-refractivity contribution in [1.82, 2.24) is 24.6 Å². The zero-order chi connectivity index (χ0) is 18.1. The van der Waals surface area contributed by atoms with Gasteiger partial charge in [0.15, 0.2) is 5.65 Å². The molecule has 26 heavy (non-hydrogen) atoms. The van der Waals surface area contributed by atoms with Gasteiger partial charge in [-0.2, -0.15) is 5.10 Å². The number of para-hydroxylation sites is 1. The van der Waals surface area contributed by atoms with Gasteiger partial charge in [-0.15, -0.1) is 0 Å². The van der Waals surface area contributed by atoms with Gasteiger partial charge in [0, 0.05) is 45.2 Å². The third kappa shape index (κ3) is 3.27. The van der Waals surface area contributed by atoms with Crippen molar-refractivity contribution in [2.24, 2.45) is 7.05 Å². The summed E-state index contributed by atoms with van der Waals surface area (Å²) in [6, 6.07) is 8.35. The van der Waals surface area contributed by atoms with Crippen molar-refractivity contribution >= 4 is 27.6 Å². The van der Waals surface area contributed by atoms with Gasteiger partial charge in [-0.05, 0) is 33.0 Å². The molecule has 0 amide bonds. The standard InChI is InChI=1S/C20H28N6/c1-15-18-19(21-9-6-10-26-13-11-24(2)12-14-26)16-7-4-5-8-17(16)22-20(18)25(3)23-15/h4-5,7-8H,6,9-14H2,1-3H3,(H,21,22). The molecule has 2 aromatic heterocycles. The molecule has 0 radical (unpaired) electrons. The minimum atomic E-state index is 0.947. The number of pyridine rings is 1. The van der Waals surface area contributed by atoms with Gasteiger partial charge < -0.3 is 15.1 Å². The maximum Gasteiger partial charge on any atom is 0.160 e. The number of anilines is 1. The van der Waals surface area contributed by atoms with Crippen molar-refractivity contribution in [3.8, 4) is 0 Å². The summed E-state index contributed by atoms with van der Waals surface area (Å²) in [4.78, 5) is 9.78. The Hall–Kier alpha value is -2.18. The predicted molar refractivity (Wildman–Crippen MR) is 108 cm³/mol. The van der Waals surface area contributed by atoms with E-state index >= 15 is 0 Å². The number of nitrogens with zero attached hydrogens (tertiary/aromatic N) is 5. The number of aromatic nitrogens is 3. The van der Waals surface area contributed by atoms with Gasteiger partial charge in [-0.1, -0.05) is 18.2 Å². The molecule has 0 bridgehead atoms. The van der Waals surface area contributed by atoms with Gasteiger partial charge >= 0.3 is 0 Å². The van der Waals surface area contributed by atoms with Crippen LogP contribution in [0.4, 0.5) is 5.69 Å². The van der Waals surface area contributed by atoms with E-state index in [-0.39, 0.29) is 0 Å². The third-order valence-electron chi connectivity index (χ3n) is 5.39. The van der Waals surface area contributed by atoms with Gasteiger partial charge in [-0.3, -0.25) is 4.68 Å². The molecule has 1 aliphatic heterocycles. The molecular formula is C20H28N6. The fourth-order valence-corrected chi connectivity index (χ4v) is 3.87. The highest BCUT2D eigenvalue weighted by atomic mass is 15.3. The average Bonchev–Trinajstić information content (AvgIpc) is 2.93. The molecule has 138 valence electrons. The molecule has 1 aliphatic rings. The monoisotopic (exact) mass is 352 g/mol. The molecule has 0 unspecified atom stereocenters. The number of rotatable bonds is 5. The van der Waals surface area contributed by atoms with Crippen LogP contribution in [0, 0.1) is 6.92 Å². The second-order valence-electron chi connectivity index (χ2n) is 7.34. The maximum atomic E-state index is 4.82. The normalized spacial score (nSPS) is 16.6. The van der Waals surface area contributed by atoms with Crippen LogP contribution < -0.4 is 5.32 Å². The van der Waals surface area contributed by atoms with Crippen LogP contribution in [0.25, 0.3) is 21.9 Å². The van der Waals surface area contributed by atoms with Gasteiger partial charge in [0.25, 0.3) is 0 Å². The zero-order valence-corrected chi connectivity index (χ0v) is 16.0. The SMILES string of the molecule is Cc1nn(C)c2nc3ccccc3c(NCCCN3CCN(C)CC3)c12. The van der Waals surface area contributed by atoms with Crippen LogP contribution in [0.5, 0.6) is 0 Å². The lowest BCUT2D eigenvalue weighted by atomic mass is 10.1. The summed E-state index contributed by atoms with van der Waals surface area (Å²) in [5.74, 6) is 0. The van der Waals surface area contributed by atoms with Crippen LogP contribution in [0.15, 0.2) is 24.3 Å². The maximum absolute atomic E-state index is 4.82. The first kappa shape index (κ1) is 17.2. The van der Waals surface area contributed by atoms with Gasteiger partial charge in [0.05, 0.1) is 22.3 Å². The number of hydrogen-bond donors (Lipinski definition) is 1. The molecule has 1 aromatic carbocycles. The van der Waals surface area contributed by atoms with Gasteiger partial charge in [0.2, 0.25) is 0 Å². The molecule has 0 atom stereocenters. The van der Waals surface area contributed by atoms with E-state index in [1.165, 1.54) is 37.3 Å². The average molecular weight is 352 g/mol. The van der Waals surface area contributed by atoms with Crippen molar-refractivity contribution in [3.63, 3.8) is 0 Å². The van der Waals surface area contributed by atoms with Crippen LogP contribution in [0.2, 0.25) is 0 Å². The highest BCUT2D eigenvalue weighted by Gasteiger charge is 2.16. The molecular weight excluding hydrogens is 324 g/mol. The Morgan fingerprint density at radius 3 is 2.65 bits per heavy atom. The number of aryl methyl sites for hydroxylation is 2. The van der Waals surface area contributed by atoms with Crippen molar-refractivity contribution in [2.45, 2.75) is 13.3 Å². The van der Waals surface area contributed by atoms with E-state index in [0.717, 1.165) is 41.8 Å². The topological polar surface area (TPSA) is 49.2 Å². The minimum absolute atomic E-state index is 0.947. The van der Waals surface area contributed by atoms with Crippen molar-refractivity contribution in [1.29, 1.82) is 0 Å². The van der Waals surface area contributed by atoms with E-state index in [0.29, 0.717) is 0 Å². The molecule has 4 rings (SSSR count). The minimum Gasteiger partial charge on any atom is -0.384 e. The van der Waals surface area contributed by atoms with Crippen molar-refractivity contribution in [3.05, 3.63) is 30.0 Å². The molecule has 1 fully saturated rings. The Labute approximate surface area is 154 Å².